The maximum Gasteiger partial charge on any atom is 0.270 e. The molecule has 1 fully saturated rings. The van der Waals surface area contributed by atoms with Gasteiger partial charge in [0.05, 0.1) is 17.2 Å². The van der Waals surface area contributed by atoms with E-state index in [-0.39, 0.29) is 17.6 Å². The molecule has 1 N–H and O–H groups in total. The fraction of sp³-hybridized carbons (Fsp3) is 0.115. The Morgan fingerprint density at radius 2 is 1.88 bits per heavy atom. The highest BCUT2D eigenvalue weighted by atomic mass is 32.2. The Morgan fingerprint density at radius 3 is 2.65 bits per heavy atom. The number of ether oxygens (including phenoxy) is 1. The average Bonchev–Trinajstić information content (AvgIpc) is 3.12. The molecule has 0 aromatic heterocycles. The number of carbonyl (C=O) groups excluding carboxylic acids is 2. The number of halogens is 1. The summed E-state index contributed by atoms with van der Waals surface area (Å²) in [5, 5.41) is 2.72. The summed E-state index contributed by atoms with van der Waals surface area (Å²) >= 11 is 6.68. The average molecular weight is 493 g/mol. The molecule has 0 aliphatic carbocycles. The summed E-state index contributed by atoms with van der Waals surface area (Å²) in [6, 6.07) is 19.7. The third-order valence-corrected chi connectivity index (χ3v) is 6.23. The van der Waals surface area contributed by atoms with Gasteiger partial charge in [-0.15, -0.1) is 0 Å². The topological polar surface area (TPSA) is 58.6 Å². The molecule has 5 nitrogen and oxygen atoms in total. The van der Waals surface area contributed by atoms with Crippen LogP contribution >= 0.6 is 24.0 Å². The number of hydrogen-bond acceptors (Lipinski definition) is 5. The molecule has 0 atom stereocenters. The molecule has 34 heavy (non-hydrogen) atoms. The van der Waals surface area contributed by atoms with Crippen molar-refractivity contribution in [2.75, 3.05) is 16.8 Å². The fourth-order valence-corrected chi connectivity index (χ4v) is 4.59. The minimum Gasteiger partial charge on any atom is -0.493 e. The van der Waals surface area contributed by atoms with Gasteiger partial charge in [-0.3, -0.25) is 14.5 Å². The molecule has 3 aromatic carbocycles. The highest BCUT2D eigenvalue weighted by Gasteiger charge is 2.33. The number of carbonyl (C=O) groups is 2. The van der Waals surface area contributed by atoms with Crippen LogP contribution in [0.3, 0.4) is 0 Å². The second-order valence-electron chi connectivity index (χ2n) is 7.41. The largest absolute Gasteiger partial charge is 0.493 e. The van der Waals surface area contributed by atoms with Crippen molar-refractivity contribution < 1.29 is 18.7 Å². The molecule has 1 saturated heterocycles. The molecule has 0 bridgehead atoms. The number of nitrogens with one attached hydrogen (secondary N) is 1. The Morgan fingerprint density at radius 1 is 1.12 bits per heavy atom. The third kappa shape index (κ3) is 5.35. The van der Waals surface area contributed by atoms with Gasteiger partial charge in [0, 0.05) is 16.8 Å². The van der Waals surface area contributed by atoms with Gasteiger partial charge in [0.15, 0.2) is 4.32 Å². The zero-order chi connectivity index (χ0) is 24.1. The molecule has 0 saturated carbocycles. The fourth-order valence-electron chi connectivity index (χ4n) is 3.30. The number of rotatable bonds is 7. The first-order valence-electron chi connectivity index (χ1n) is 10.6. The molecular formula is C26H21FN2O3S2. The van der Waals surface area contributed by atoms with E-state index in [0.717, 1.165) is 12.0 Å². The summed E-state index contributed by atoms with van der Waals surface area (Å²) in [6.45, 7) is 2.61. The van der Waals surface area contributed by atoms with Gasteiger partial charge in [-0.05, 0) is 61.0 Å². The normalized spacial score (nSPS) is 14.5. The number of amides is 2. The summed E-state index contributed by atoms with van der Waals surface area (Å²) < 4.78 is 19.3. The van der Waals surface area contributed by atoms with E-state index in [1.807, 2.05) is 31.2 Å². The Balaban J connectivity index is 1.56. The van der Waals surface area contributed by atoms with Crippen molar-refractivity contribution >= 4 is 57.6 Å². The van der Waals surface area contributed by atoms with Crippen LogP contribution in [0.2, 0.25) is 0 Å². The summed E-state index contributed by atoms with van der Waals surface area (Å²) in [7, 11) is 0. The molecule has 1 aliphatic rings. The van der Waals surface area contributed by atoms with E-state index in [1.165, 1.54) is 40.9 Å². The minimum atomic E-state index is -0.387. The van der Waals surface area contributed by atoms with Crippen LogP contribution in [0.5, 0.6) is 5.75 Å². The van der Waals surface area contributed by atoms with E-state index in [9.17, 15) is 14.0 Å². The van der Waals surface area contributed by atoms with Gasteiger partial charge in [-0.2, -0.15) is 0 Å². The summed E-state index contributed by atoms with van der Waals surface area (Å²) in [5.41, 5.74) is 2.10. The Kier molecular flexibility index (Phi) is 7.40. The monoisotopic (exact) mass is 492 g/mol. The van der Waals surface area contributed by atoms with Gasteiger partial charge in [-0.25, -0.2) is 4.39 Å². The molecule has 2 amide bonds. The van der Waals surface area contributed by atoms with Crippen LogP contribution in [0.1, 0.15) is 29.3 Å². The van der Waals surface area contributed by atoms with Crippen LogP contribution < -0.4 is 15.0 Å². The lowest BCUT2D eigenvalue weighted by atomic mass is 10.1. The quantitative estimate of drug-likeness (QED) is 0.311. The van der Waals surface area contributed by atoms with E-state index in [4.69, 9.17) is 17.0 Å². The molecule has 3 aromatic rings. The molecule has 0 unspecified atom stereocenters. The van der Waals surface area contributed by atoms with Crippen LogP contribution in [0.4, 0.5) is 15.8 Å². The Bertz CT molecular complexity index is 1280. The minimum absolute atomic E-state index is 0.267. The highest BCUT2D eigenvalue weighted by molar-refractivity contribution is 8.27. The van der Waals surface area contributed by atoms with E-state index >= 15 is 0 Å². The van der Waals surface area contributed by atoms with Crippen molar-refractivity contribution in [3.8, 4) is 5.75 Å². The first-order chi connectivity index (χ1) is 16.5. The van der Waals surface area contributed by atoms with Crippen molar-refractivity contribution in [2.45, 2.75) is 13.3 Å². The number of anilines is 2. The number of thiocarbonyl (C=S) groups is 1. The number of benzene rings is 3. The molecule has 172 valence electrons. The zero-order valence-electron chi connectivity index (χ0n) is 18.3. The van der Waals surface area contributed by atoms with Crippen LogP contribution in [0.25, 0.3) is 6.08 Å². The summed E-state index contributed by atoms with van der Waals surface area (Å²) in [5.74, 6) is -0.330. The van der Waals surface area contributed by atoms with E-state index in [2.05, 4.69) is 5.32 Å². The van der Waals surface area contributed by atoms with Crippen molar-refractivity contribution in [2.24, 2.45) is 0 Å². The van der Waals surface area contributed by atoms with Gasteiger partial charge in [0.2, 0.25) is 0 Å². The SMILES string of the molecule is CCCOc1ccccc1/C=C1/SC(=S)N(c2cccc(C(=O)Nc3ccc(F)cc3)c2)C1=O. The lowest BCUT2D eigenvalue weighted by Crippen LogP contribution is -2.27. The second-order valence-corrected chi connectivity index (χ2v) is 9.09. The Labute approximate surface area is 206 Å². The maximum absolute atomic E-state index is 13.2. The Hall–Kier alpha value is -3.49. The predicted octanol–water partition coefficient (Wildman–Crippen LogP) is 6.27. The van der Waals surface area contributed by atoms with Gasteiger partial charge < -0.3 is 10.1 Å². The molecule has 0 spiro atoms. The molecule has 1 heterocycles. The number of nitrogens with zero attached hydrogens (tertiary/aromatic N) is 1. The van der Waals surface area contributed by atoms with E-state index in [1.54, 1.807) is 30.3 Å². The maximum atomic E-state index is 13.2. The lowest BCUT2D eigenvalue weighted by Gasteiger charge is -2.15. The van der Waals surface area contributed by atoms with Crippen molar-refractivity contribution in [3.05, 3.63) is 94.6 Å². The predicted molar refractivity (Wildman–Crippen MR) is 139 cm³/mol. The standard InChI is InChI=1S/C26H21FN2O3S2/c1-2-14-32-22-9-4-3-6-17(22)16-23-25(31)29(26(33)34-23)21-8-5-7-18(15-21)24(30)28-20-12-10-19(27)11-13-20/h3-13,15-16H,2,14H2,1H3,(H,28,30)/b23-16+. The summed E-state index contributed by atoms with van der Waals surface area (Å²) in [6.07, 6.45) is 2.65. The summed E-state index contributed by atoms with van der Waals surface area (Å²) in [4.78, 5) is 27.8. The number of hydrogen-bond donors (Lipinski definition) is 1. The molecule has 4 rings (SSSR count). The molecule has 0 radical (unpaired) electrons. The molecule has 1 aliphatic heterocycles. The number of thioether (sulfide) groups is 1. The van der Waals surface area contributed by atoms with Gasteiger partial charge >= 0.3 is 0 Å². The van der Waals surface area contributed by atoms with Gasteiger partial charge in [0.25, 0.3) is 11.8 Å². The zero-order valence-corrected chi connectivity index (χ0v) is 19.9. The van der Waals surface area contributed by atoms with Crippen LogP contribution in [0.15, 0.2) is 77.7 Å². The van der Waals surface area contributed by atoms with Crippen LogP contribution in [-0.2, 0) is 4.79 Å². The number of para-hydroxylation sites is 1. The van der Waals surface area contributed by atoms with Crippen LogP contribution in [0, 0.1) is 5.82 Å². The second kappa shape index (κ2) is 10.6. The first-order valence-corrected chi connectivity index (χ1v) is 11.9. The molecular weight excluding hydrogens is 471 g/mol. The smallest absolute Gasteiger partial charge is 0.270 e. The third-order valence-electron chi connectivity index (χ3n) is 4.93. The van der Waals surface area contributed by atoms with E-state index < -0.39 is 0 Å². The van der Waals surface area contributed by atoms with Gasteiger partial charge in [-0.1, -0.05) is 55.2 Å². The van der Waals surface area contributed by atoms with Crippen molar-refractivity contribution in [1.82, 2.24) is 0 Å². The lowest BCUT2D eigenvalue weighted by molar-refractivity contribution is -0.113. The molecule has 8 heteroatoms. The first kappa shape index (κ1) is 23.7. The van der Waals surface area contributed by atoms with Gasteiger partial charge in [0.1, 0.15) is 11.6 Å². The van der Waals surface area contributed by atoms with Crippen LogP contribution in [-0.4, -0.2) is 22.7 Å². The van der Waals surface area contributed by atoms with Crippen molar-refractivity contribution in [1.29, 1.82) is 0 Å². The van der Waals surface area contributed by atoms with E-state index in [0.29, 0.717) is 38.5 Å². The highest BCUT2D eigenvalue weighted by Crippen LogP contribution is 2.37. The van der Waals surface area contributed by atoms with Crippen molar-refractivity contribution in [3.63, 3.8) is 0 Å².